The first-order valence-corrected chi connectivity index (χ1v) is 6.10. The number of benzene rings is 1. The highest BCUT2D eigenvalue weighted by atomic mass is 35.5. The summed E-state index contributed by atoms with van der Waals surface area (Å²) in [6.45, 7) is 2.23. The van der Waals surface area contributed by atoms with Gasteiger partial charge in [-0.25, -0.2) is 4.79 Å². The standard InChI is InChI=1S/C13H15ClO2/c1-2-16-13(15)11-7-3-6-10-9(11)5-4-8-12(10)14/h3,6-7,12H,2,4-5,8H2,1H3. The summed E-state index contributed by atoms with van der Waals surface area (Å²) in [6, 6.07) is 5.71. The average molecular weight is 239 g/mol. The second-order valence-electron chi connectivity index (χ2n) is 3.95. The van der Waals surface area contributed by atoms with Crippen molar-refractivity contribution in [3.63, 3.8) is 0 Å². The SMILES string of the molecule is CCOC(=O)c1cccc2c1CCCC2Cl. The molecule has 0 N–H and O–H groups in total. The van der Waals surface area contributed by atoms with Crippen LogP contribution in [0.2, 0.25) is 0 Å². The van der Waals surface area contributed by atoms with Crippen molar-refractivity contribution in [3.05, 3.63) is 34.9 Å². The first-order chi connectivity index (χ1) is 7.74. The minimum absolute atomic E-state index is 0.0399. The maximum atomic E-state index is 11.8. The summed E-state index contributed by atoms with van der Waals surface area (Å²) in [4.78, 5) is 11.8. The molecular weight excluding hydrogens is 224 g/mol. The molecule has 3 heteroatoms. The van der Waals surface area contributed by atoms with Crippen molar-refractivity contribution < 1.29 is 9.53 Å². The summed E-state index contributed by atoms with van der Waals surface area (Å²) in [7, 11) is 0. The van der Waals surface area contributed by atoms with Gasteiger partial charge >= 0.3 is 5.97 Å². The molecule has 0 saturated carbocycles. The summed E-state index contributed by atoms with van der Waals surface area (Å²) < 4.78 is 5.05. The van der Waals surface area contributed by atoms with Crippen molar-refractivity contribution in [2.45, 2.75) is 31.6 Å². The lowest BCUT2D eigenvalue weighted by atomic mass is 9.88. The zero-order chi connectivity index (χ0) is 11.5. The summed E-state index contributed by atoms with van der Waals surface area (Å²) in [6.07, 6.45) is 2.95. The smallest absolute Gasteiger partial charge is 0.338 e. The predicted octanol–water partition coefficient (Wildman–Crippen LogP) is 3.48. The Morgan fingerprint density at radius 2 is 2.38 bits per heavy atom. The molecule has 0 fully saturated rings. The molecule has 0 heterocycles. The van der Waals surface area contributed by atoms with Crippen LogP contribution in [0.3, 0.4) is 0 Å². The van der Waals surface area contributed by atoms with Crippen molar-refractivity contribution in [1.29, 1.82) is 0 Å². The van der Waals surface area contributed by atoms with Crippen LogP contribution < -0.4 is 0 Å². The van der Waals surface area contributed by atoms with Crippen molar-refractivity contribution in [3.8, 4) is 0 Å². The zero-order valence-corrected chi connectivity index (χ0v) is 10.1. The number of hydrogen-bond donors (Lipinski definition) is 0. The van der Waals surface area contributed by atoms with Gasteiger partial charge in [-0.1, -0.05) is 12.1 Å². The summed E-state index contributed by atoms with van der Waals surface area (Å²) >= 11 is 6.25. The summed E-state index contributed by atoms with van der Waals surface area (Å²) in [5.41, 5.74) is 2.86. The Labute approximate surface area is 101 Å². The monoisotopic (exact) mass is 238 g/mol. The number of carbonyl (C=O) groups is 1. The molecule has 0 radical (unpaired) electrons. The van der Waals surface area contributed by atoms with Crippen LogP contribution in [0, 0.1) is 0 Å². The first kappa shape index (κ1) is 11.5. The number of halogens is 1. The molecule has 0 aliphatic heterocycles. The van der Waals surface area contributed by atoms with E-state index < -0.39 is 0 Å². The zero-order valence-electron chi connectivity index (χ0n) is 9.33. The Kier molecular flexibility index (Phi) is 3.49. The minimum Gasteiger partial charge on any atom is -0.462 e. The van der Waals surface area contributed by atoms with Gasteiger partial charge in [-0.2, -0.15) is 0 Å². The molecule has 1 aliphatic carbocycles. The van der Waals surface area contributed by atoms with E-state index in [1.165, 1.54) is 0 Å². The quantitative estimate of drug-likeness (QED) is 0.583. The van der Waals surface area contributed by atoms with Gasteiger partial charge < -0.3 is 4.74 Å². The number of carbonyl (C=O) groups excluding carboxylic acids is 1. The number of fused-ring (bicyclic) bond motifs is 1. The van der Waals surface area contributed by atoms with Crippen LogP contribution in [0.1, 0.15) is 46.6 Å². The van der Waals surface area contributed by atoms with Crippen LogP contribution in [-0.2, 0) is 11.2 Å². The van der Waals surface area contributed by atoms with Crippen molar-refractivity contribution in [1.82, 2.24) is 0 Å². The fraction of sp³-hybridized carbons (Fsp3) is 0.462. The van der Waals surface area contributed by atoms with Gasteiger partial charge in [0.05, 0.1) is 17.5 Å². The topological polar surface area (TPSA) is 26.3 Å². The van der Waals surface area contributed by atoms with E-state index in [1.54, 1.807) is 0 Å². The van der Waals surface area contributed by atoms with E-state index in [9.17, 15) is 4.79 Å². The molecule has 1 aromatic carbocycles. The van der Waals surface area contributed by atoms with E-state index >= 15 is 0 Å². The normalized spacial score (nSPS) is 19.0. The third kappa shape index (κ3) is 2.07. The van der Waals surface area contributed by atoms with Gasteiger partial charge in [-0.15, -0.1) is 11.6 Å². The van der Waals surface area contributed by atoms with Crippen molar-refractivity contribution >= 4 is 17.6 Å². The molecule has 0 bridgehead atoms. The van der Waals surface area contributed by atoms with Crippen LogP contribution in [0.5, 0.6) is 0 Å². The van der Waals surface area contributed by atoms with E-state index in [0.29, 0.717) is 12.2 Å². The van der Waals surface area contributed by atoms with Gasteiger partial charge in [0.15, 0.2) is 0 Å². The lowest BCUT2D eigenvalue weighted by Crippen LogP contribution is -2.14. The minimum atomic E-state index is -0.231. The molecule has 0 saturated heterocycles. The van der Waals surface area contributed by atoms with Gasteiger partial charge in [0, 0.05) is 0 Å². The fourth-order valence-corrected chi connectivity index (χ4v) is 2.55. The van der Waals surface area contributed by atoms with Crippen LogP contribution in [0.25, 0.3) is 0 Å². The molecule has 0 amide bonds. The molecule has 1 unspecified atom stereocenters. The average Bonchev–Trinajstić information content (AvgIpc) is 2.29. The van der Waals surface area contributed by atoms with E-state index in [0.717, 1.165) is 30.4 Å². The Morgan fingerprint density at radius 1 is 1.56 bits per heavy atom. The maximum Gasteiger partial charge on any atom is 0.338 e. The summed E-state index contributed by atoms with van der Waals surface area (Å²) in [5, 5.41) is 0.0399. The number of ether oxygens (including phenoxy) is 1. The van der Waals surface area contributed by atoms with Gasteiger partial charge in [-0.3, -0.25) is 0 Å². The Bertz CT molecular complexity index is 401. The van der Waals surface area contributed by atoms with E-state index in [4.69, 9.17) is 16.3 Å². The van der Waals surface area contributed by atoms with Gasteiger partial charge in [0.1, 0.15) is 0 Å². The second-order valence-corrected chi connectivity index (χ2v) is 4.48. The third-order valence-corrected chi connectivity index (χ3v) is 3.38. The number of esters is 1. The summed E-state index contributed by atoms with van der Waals surface area (Å²) in [5.74, 6) is -0.231. The Hall–Kier alpha value is -1.02. The van der Waals surface area contributed by atoms with Gasteiger partial charge in [0.25, 0.3) is 0 Å². The molecule has 1 atom stereocenters. The van der Waals surface area contributed by atoms with E-state index in [-0.39, 0.29) is 11.3 Å². The van der Waals surface area contributed by atoms with E-state index in [2.05, 4.69) is 0 Å². The first-order valence-electron chi connectivity index (χ1n) is 5.67. The molecule has 2 nitrogen and oxygen atoms in total. The second kappa shape index (κ2) is 4.88. The third-order valence-electron chi connectivity index (χ3n) is 2.93. The van der Waals surface area contributed by atoms with Crippen molar-refractivity contribution in [2.24, 2.45) is 0 Å². The fourth-order valence-electron chi connectivity index (χ4n) is 2.19. The molecule has 2 rings (SSSR count). The lowest BCUT2D eigenvalue weighted by molar-refractivity contribution is 0.0524. The number of hydrogen-bond acceptors (Lipinski definition) is 2. The molecule has 1 aromatic rings. The number of alkyl halides is 1. The maximum absolute atomic E-state index is 11.8. The van der Waals surface area contributed by atoms with Crippen LogP contribution in [-0.4, -0.2) is 12.6 Å². The lowest BCUT2D eigenvalue weighted by Gasteiger charge is -2.22. The molecule has 0 aromatic heterocycles. The molecule has 16 heavy (non-hydrogen) atoms. The highest BCUT2D eigenvalue weighted by molar-refractivity contribution is 6.21. The van der Waals surface area contributed by atoms with Crippen LogP contribution in [0.15, 0.2) is 18.2 Å². The van der Waals surface area contributed by atoms with Gasteiger partial charge in [0.2, 0.25) is 0 Å². The van der Waals surface area contributed by atoms with Gasteiger partial charge in [-0.05, 0) is 43.4 Å². The Morgan fingerprint density at radius 3 is 3.12 bits per heavy atom. The highest BCUT2D eigenvalue weighted by Crippen LogP contribution is 2.36. The predicted molar refractivity (Wildman–Crippen MR) is 63.9 cm³/mol. The van der Waals surface area contributed by atoms with Crippen molar-refractivity contribution in [2.75, 3.05) is 6.61 Å². The van der Waals surface area contributed by atoms with Crippen LogP contribution in [0.4, 0.5) is 0 Å². The highest BCUT2D eigenvalue weighted by Gasteiger charge is 2.23. The number of rotatable bonds is 2. The molecule has 0 spiro atoms. The molecular formula is C13H15ClO2. The largest absolute Gasteiger partial charge is 0.462 e. The van der Waals surface area contributed by atoms with E-state index in [1.807, 2.05) is 25.1 Å². The van der Waals surface area contributed by atoms with Crippen LogP contribution >= 0.6 is 11.6 Å². The Balaban J connectivity index is 2.39. The molecule has 1 aliphatic rings. The molecule has 86 valence electrons.